The Kier molecular flexibility index (Phi) is 6.22. The van der Waals surface area contributed by atoms with Gasteiger partial charge in [0.2, 0.25) is 10.0 Å². The monoisotopic (exact) mass is 475 g/mol. The minimum Gasteiger partial charge on any atom is -0.494 e. The zero-order valence-corrected chi connectivity index (χ0v) is 19.9. The number of carbonyl (C=O) groups excluding carboxylic acids is 1. The van der Waals surface area contributed by atoms with Crippen LogP contribution in [-0.4, -0.2) is 56.0 Å². The van der Waals surface area contributed by atoms with Gasteiger partial charge in [-0.1, -0.05) is 17.4 Å². The van der Waals surface area contributed by atoms with E-state index in [1.165, 1.54) is 39.9 Å². The highest BCUT2D eigenvalue weighted by molar-refractivity contribution is 7.89. The lowest BCUT2D eigenvalue weighted by Gasteiger charge is -2.34. The predicted molar refractivity (Wildman–Crippen MR) is 124 cm³/mol. The standard InChI is InChI=1S/C22H25N3O5S2/c1-13-5-10-18(29-4)19-20(13)31-22(23-19)24-21(26)16-6-8-17(9-7-16)32(27,28)25-11-14(2)30-15(3)12-25/h5-10,14-15H,11-12H2,1-4H3,(H,23,24,26)/t14-,15+. The fourth-order valence-electron chi connectivity index (χ4n) is 3.75. The van der Waals surface area contributed by atoms with Gasteiger partial charge in [-0.05, 0) is 56.7 Å². The fraction of sp³-hybridized carbons (Fsp3) is 0.364. The number of aromatic nitrogens is 1. The number of hydrogen-bond donors (Lipinski definition) is 1. The van der Waals surface area contributed by atoms with Crippen LogP contribution in [0.4, 0.5) is 5.13 Å². The van der Waals surface area contributed by atoms with E-state index in [0.29, 0.717) is 35.1 Å². The molecule has 0 saturated carbocycles. The molecule has 32 heavy (non-hydrogen) atoms. The quantitative estimate of drug-likeness (QED) is 0.605. The number of fused-ring (bicyclic) bond motifs is 1. The number of sulfonamides is 1. The zero-order valence-electron chi connectivity index (χ0n) is 18.3. The molecule has 1 amide bonds. The van der Waals surface area contributed by atoms with E-state index in [1.54, 1.807) is 7.11 Å². The second-order valence-electron chi connectivity index (χ2n) is 7.84. The Morgan fingerprint density at radius 1 is 1.16 bits per heavy atom. The number of benzene rings is 2. The maximum absolute atomic E-state index is 13.0. The molecule has 0 radical (unpaired) electrons. The van der Waals surface area contributed by atoms with Crippen molar-refractivity contribution in [2.75, 3.05) is 25.5 Å². The number of carbonyl (C=O) groups is 1. The van der Waals surface area contributed by atoms with Gasteiger partial charge < -0.3 is 9.47 Å². The van der Waals surface area contributed by atoms with Crippen molar-refractivity contribution in [3.8, 4) is 5.75 Å². The number of ether oxygens (including phenoxy) is 2. The summed E-state index contributed by atoms with van der Waals surface area (Å²) in [7, 11) is -2.08. The van der Waals surface area contributed by atoms with Crippen LogP contribution in [0.1, 0.15) is 29.8 Å². The van der Waals surface area contributed by atoms with Crippen LogP contribution in [-0.2, 0) is 14.8 Å². The molecule has 4 rings (SSSR count). The van der Waals surface area contributed by atoms with Crippen LogP contribution in [0.25, 0.3) is 10.2 Å². The van der Waals surface area contributed by atoms with E-state index in [0.717, 1.165) is 10.3 Å². The number of methoxy groups -OCH3 is 1. The minimum absolute atomic E-state index is 0.149. The molecule has 1 aliphatic rings. The van der Waals surface area contributed by atoms with Crippen LogP contribution in [0.2, 0.25) is 0 Å². The third-order valence-electron chi connectivity index (χ3n) is 5.28. The molecule has 170 valence electrons. The molecule has 2 heterocycles. The van der Waals surface area contributed by atoms with Gasteiger partial charge in [-0.2, -0.15) is 4.31 Å². The topological polar surface area (TPSA) is 97.8 Å². The van der Waals surface area contributed by atoms with Crippen LogP contribution >= 0.6 is 11.3 Å². The molecule has 8 nitrogen and oxygen atoms in total. The molecule has 1 N–H and O–H groups in total. The lowest BCUT2D eigenvalue weighted by molar-refractivity contribution is -0.0440. The highest BCUT2D eigenvalue weighted by Gasteiger charge is 2.32. The number of rotatable bonds is 5. The molecule has 0 spiro atoms. The molecule has 1 aromatic heterocycles. The first kappa shape index (κ1) is 22.7. The predicted octanol–water partition coefficient (Wildman–Crippen LogP) is 3.66. The van der Waals surface area contributed by atoms with Gasteiger partial charge >= 0.3 is 0 Å². The first-order valence-corrected chi connectivity index (χ1v) is 12.5. The van der Waals surface area contributed by atoms with Crippen molar-refractivity contribution in [1.82, 2.24) is 9.29 Å². The number of nitrogens with zero attached hydrogens (tertiary/aromatic N) is 2. The first-order valence-electron chi connectivity index (χ1n) is 10.2. The maximum atomic E-state index is 13.0. The summed E-state index contributed by atoms with van der Waals surface area (Å²) in [4.78, 5) is 17.4. The molecular weight excluding hydrogens is 450 g/mol. The van der Waals surface area contributed by atoms with E-state index in [9.17, 15) is 13.2 Å². The van der Waals surface area contributed by atoms with Crippen molar-refractivity contribution in [3.05, 3.63) is 47.5 Å². The van der Waals surface area contributed by atoms with Crippen LogP contribution < -0.4 is 10.1 Å². The van der Waals surface area contributed by atoms with Gasteiger partial charge in [-0.3, -0.25) is 10.1 Å². The molecule has 2 aromatic carbocycles. The minimum atomic E-state index is -3.66. The van der Waals surface area contributed by atoms with Gasteiger partial charge in [-0.15, -0.1) is 0 Å². The van der Waals surface area contributed by atoms with Gasteiger partial charge in [0.05, 0.1) is 28.9 Å². The summed E-state index contributed by atoms with van der Waals surface area (Å²) in [5, 5.41) is 3.25. The molecule has 0 aliphatic carbocycles. The average molecular weight is 476 g/mol. The number of nitrogens with one attached hydrogen (secondary N) is 1. The third-order valence-corrected chi connectivity index (χ3v) is 8.24. The highest BCUT2D eigenvalue weighted by atomic mass is 32.2. The Bertz CT molecular complexity index is 1240. The molecule has 0 unspecified atom stereocenters. The summed E-state index contributed by atoms with van der Waals surface area (Å²) < 4.78 is 39.3. The van der Waals surface area contributed by atoms with Crippen LogP contribution in [0.3, 0.4) is 0 Å². The van der Waals surface area contributed by atoms with Gasteiger partial charge in [0.15, 0.2) is 5.13 Å². The van der Waals surface area contributed by atoms with E-state index in [-0.39, 0.29) is 23.0 Å². The maximum Gasteiger partial charge on any atom is 0.257 e. The summed E-state index contributed by atoms with van der Waals surface area (Å²) in [6.45, 7) is 6.28. The smallest absolute Gasteiger partial charge is 0.257 e. The Labute approximate surface area is 191 Å². The summed E-state index contributed by atoms with van der Waals surface area (Å²) in [6.07, 6.45) is -0.343. The number of morpholine rings is 1. The van der Waals surface area contributed by atoms with E-state index < -0.39 is 10.0 Å². The summed E-state index contributed by atoms with van der Waals surface area (Å²) >= 11 is 1.37. The lowest BCUT2D eigenvalue weighted by atomic mass is 10.2. The van der Waals surface area contributed by atoms with E-state index in [4.69, 9.17) is 9.47 Å². The van der Waals surface area contributed by atoms with Crippen molar-refractivity contribution in [1.29, 1.82) is 0 Å². The Hall–Kier alpha value is -2.53. The molecule has 1 aliphatic heterocycles. The summed E-state index contributed by atoms with van der Waals surface area (Å²) in [6, 6.07) is 9.72. The normalized spacial score (nSPS) is 19.8. The Morgan fingerprint density at radius 3 is 2.44 bits per heavy atom. The summed E-state index contributed by atoms with van der Waals surface area (Å²) in [5.74, 6) is 0.280. The van der Waals surface area contributed by atoms with E-state index >= 15 is 0 Å². The molecule has 10 heteroatoms. The molecule has 3 aromatic rings. The van der Waals surface area contributed by atoms with Crippen LogP contribution in [0.15, 0.2) is 41.3 Å². The fourth-order valence-corrected chi connectivity index (χ4v) is 6.29. The largest absolute Gasteiger partial charge is 0.494 e. The number of anilines is 1. The van der Waals surface area contributed by atoms with Crippen molar-refractivity contribution in [2.45, 2.75) is 37.9 Å². The van der Waals surface area contributed by atoms with Crippen LogP contribution in [0.5, 0.6) is 5.75 Å². The zero-order chi connectivity index (χ0) is 23.0. The number of thiazole rings is 1. The van der Waals surface area contributed by atoms with Gasteiger partial charge in [0.25, 0.3) is 5.91 Å². The molecular formula is C22H25N3O5S2. The number of amides is 1. The molecule has 2 atom stereocenters. The average Bonchev–Trinajstić information content (AvgIpc) is 3.18. The van der Waals surface area contributed by atoms with E-state index in [2.05, 4.69) is 10.3 Å². The second-order valence-corrected chi connectivity index (χ2v) is 10.8. The third kappa shape index (κ3) is 4.36. The van der Waals surface area contributed by atoms with Gasteiger partial charge in [-0.25, -0.2) is 13.4 Å². The van der Waals surface area contributed by atoms with Gasteiger partial charge in [0, 0.05) is 18.7 Å². The SMILES string of the molecule is COc1ccc(C)c2sc(NC(=O)c3ccc(S(=O)(=O)N4C[C@@H](C)O[C@@H](C)C4)cc3)nc12. The molecule has 1 saturated heterocycles. The van der Waals surface area contributed by atoms with Crippen LogP contribution in [0, 0.1) is 6.92 Å². The van der Waals surface area contributed by atoms with Crippen molar-refractivity contribution >= 4 is 42.6 Å². The van der Waals surface area contributed by atoms with Crippen molar-refractivity contribution < 1.29 is 22.7 Å². The first-order chi connectivity index (χ1) is 15.2. The number of aryl methyl sites for hydroxylation is 1. The molecule has 0 bridgehead atoms. The second kappa shape index (κ2) is 8.78. The Morgan fingerprint density at radius 2 is 1.81 bits per heavy atom. The molecule has 1 fully saturated rings. The summed E-state index contributed by atoms with van der Waals surface area (Å²) in [5.41, 5.74) is 2.08. The highest BCUT2D eigenvalue weighted by Crippen LogP contribution is 2.35. The van der Waals surface area contributed by atoms with Crippen molar-refractivity contribution in [3.63, 3.8) is 0 Å². The van der Waals surface area contributed by atoms with Crippen molar-refractivity contribution in [2.24, 2.45) is 0 Å². The van der Waals surface area contributed by atoms with Gasteiger partial charge in [0.1, 0.15) is 11.3 Å². The van der Waals surface area contributed by atoms with E-state index in [1.807, 2.05) is 32.9 Å². The lowest BCUT2D eigenvalue weighted by Crippen LogP contribution is -2.48. The number of hydrogen-bond acceptors (Lipinski definition) is 7. The Balaban J connectivity index is 1.52.